The minimum Gasteiger partial charge on any atom is -0.326 e. The number of nitrogens with one attached hydrogen (secondary N) is 1. The zero-order valence-corrected chi connectivity index (χ0v) is 9.90. The summed E-state index contributed by atoms with van der Waals surface area (Å²) in [6.45, 7) is 3.60. The fourth-order valence-electron chi connectivity index (χ4n) is 1.78. The summed E-state index contributed by atoms with van der Waals surface area (Å²) < 4.78 is 0. The molecule has 1 N–H and O–H groups in total. The molecule has 0 saturated carbocycles. The Balaban J connectivity index is 2.33. The second-order valence-corrected chi connectivity index (χ2v) is 4.60. The summed E-state index contributed by atoms with van der Waals surface area (Å²) in [5, 5.41) is 3.25. The van der Waals surface area contributed by atoms with Crippen LogP contribution in [-0.4, -0.2) is 42.1 Å². The van der Waals surface area contributed by atoms with E-state index in [1.54, 1.807) is 0 Å². The molecule has 1 aliphatic heterocycles. The Labute approximate surface area is 90.6 Å². The maximum absolute atomic E-state index is 11.5. The van der Waals surface area contributed by atoms with Gasteiger partial charge in [0.1, 0.15) is 0 Å². The Morgan fingerprint density at radius 2 is 2.43 bits per heavy atom. The molecule has 0 aromatic rings. The monoisotopic (exact) mass is 216 g/mol. The molecule has 0 aliphatic carbocycles. The van der Waals surface area contributed by atoms with Crippen molar-refractivity contribution in [2.24, 2.45) is 0 Å². The van der Waals surface area contributed by atoms with Gasteiger partial charge in [0.25, 0.3) is 0 Å². The van der Waals surface area contributed by atoms with Gasteiger partial charge in [0.15, 0.2) is 0 Å². The van der Waals surface area contributed by atoms with E-state index in [9.17, 15) is 4.79 Å². The van der Waals surface area contributed by atoms with Crippen LogP contribution in [0.2, 0.25) is 0 Å². The number of nitrogens with zero attached hydrogens (tertiary/aromatic N) is 1. The van der Waals surface area contributed by atoms with Crippen LogP contribution in [0.4, 0.5) is 0 Å². The highest BCUT2D eigenvalue weighted by molar-refractivity contribution is 7.98. The molecule has 82 valence electrons. The molecule has 4 heteroatoms. The Morgan fingerprint density at radius 1 is 1.64 bits per heavy atom. The van der Waals surface area contributed by atoms with Gasteiger partial charge in [0.05, 0.1) is 12.7 Å². The van der Waals surface area contributed by atoms with Crippen molar-refractivity contribution in [3.63, 3.8) is 0 Å². The Kier molecular flexibility index (Phi) is 5.33. The first kappa shape index (κ1) is 11.9. The smallest absolute Gasteiger partial charge is 0.237 e. The molecule has 0 aromatic carbocycles. The van der Waals surface area contributed by atoms with E-state index in [-0.39, 0.29) is 5.91 Å². The average Bonchev–Trinajstić information content (AvgIpc) is 2.50. The minimum atomic E-state index is 0.268. The largest absolute Gasteiger partial charge is 0.326 e. The molecule has 1 rings (SSSR count). The average molecular weight is 216 g/mol. The highest BCUT2D eigenvalue weighted by Crippen LogP contribution is 2.11. The lowest BCUT2D eigenvalue weighted by Gasteiger charge is -2.23. The predicted molar refractivity (Wildman–Crippen MR) is 61.4 cm³/mol. The van der Waals surface area contributed by atoms with E-state index >= 15 is 0 Å². The van der Waals surface area contributed by atoms with Gasteiger partial charge in [-0.15, -0.1) is 0 Å². The molecule has 1 unspecified atom stereocenters. The summed E-state index contributed by atoms with van der Waals surface area (Å²) in [5.74, 6) is 1.41. The summed E-state index contributed by atoms with van der Waals surface area (Å²) >= 11 is 1.84. The van der Waals surface area contributed by atoms with Crippen molar-refractivity contribution >= 4 is 17.7 Å². The van der Waals surface area contributed by atoms with Crippen molar-refractivity contribution < 1.29 is 4.79 Å². The van der Waals surface area contributed by atoms with E-state index in [1.807, 2.05) is 16.7 Å². The highest BCUT2D eigenvalue weighted by Gasteiger charge is 2.28. The number of carbonyl (C=O) groups is 1. The first-order valence-electron chi connectivity index (χ1n) is 5.31. The topological polar surface area (TPSA) is 32.3 Å². The third-order valence-corrected chi connectivity index (χ3v) is 3.19. The van der Waals surface area contributed by atoms with Crippen LogP contribution >= 0.6 is 11.8 Å². The molecule has 14 heavy (non-hydrogen) atoms. The molecule has 1 saturated heterocycles. The standard InChI is InChI=1S/C10H20N2OS/c1-3-5-9-11-8-10(13)12(9)6-4-7-14-2/h9,11H,3-8H2,1-2H3. The zero-order valence-electron chi connectivity index (χ0n) is 9.08. The molecule has 1 aliphatic rings. The third-order valence-electron chi connectivity index (χ3n) is 2.50. The summed E-state index contributed by atoms with van der Waals surface area (Å²) in [7, 11) is 0. The lowest BCUT2D eigenvalue weighted by atomic mass is 10.2. The molecule has 1 amide bonds. The van der Waals surface area contributed by atoms with Crippen molar-refractivity contribution in [1.82, 2.24) is 10.2 Å². The van der Waals surface area contributed by atoms with Crippen LogP contribution in [0, 0.1) is 0 Å². The van der Waals surface area contributed by atoms with E-state index < -0.39 is 0 Å². The van der Waals surface area contributed by atoms with E-state index in [4.69, 9.17) is 0 Å². The van der Waals surface area contributed by atoms with Crippen LogP contribution in [0.15, 0.2) is 0 Å². The van der Waals surface area contributed by atoms with Gasteiger partial charge in [-0.05, 0) is 24.9 Å². The Hall–Kier alpha value is -0.220. The van der Waals surface area contributed by atoms with E-state index in [0.717, 1.165) is 31.6 Å². The fraction of sp³-hybridized carbons (Fsp3) is 0.900. The van der Waals surface area contributed by atoms with Gasteiger partial charge < -0.3 is 4.90 Å². The summed E-state index contributed by atoms with van der Waals surface area (Å²) in [6.07, 6.45) is 5.71. The maximum Gasteiger partial charge on any atom is 0.237 e. The van der Waals surface area contributed by atoms with E-state index in [1.165, 1.54) is 0 Å². The van der Waals surface area contributed by atoms with Crippen molar-refractivity contribution in [3.8, 4) is 0 Å². The number of rotatable bonds is 6. The summed E-state index contributed by atoms with van der Waals surface area (Å²) in [5.41, 5.74) is 0. The molecule has 1 heterocycles. The van der Waals surface area contributed by atoms with Gasteiger partial charge >= 0.3 is 0 Å². The number of carbonyl (C=O) groups excluding carboxylic acids is 1. The van der Waals surface area contributed by atoms with Crippen LogP contribution < -0.4 is 5.32 Å². The van der Waals surface area contributed by atoms with Crippen molar-refractivity contribution in [1.29, 1.82) is 0 Å². The molecule has 0 aromatic heterocycles. The van der Waals surface area contributed by atoms with Crippen LogP contribution in [0.1, 0.15) is 26.2 Å². The summed E-state index contributed by atoms with van der Waals surface area (Å²) in [4.78, 5) is 13.5. The SMILES string of the molecule is CCCC1NCC(=O)N1CCCSC. The molecule has 3 nitrogen and oxygen atoms in total. The van der Waals surface area contributed by atoms with Gasteiger partial charge in [-0.2, -0.15) is 11.8 Å². The molecule has 1 atom stereocenters. The lowest BCUT2D eigenvalue weighted by Crippen LogP contribution is -2.38. The normalized spacial score (nSPS) is 22.0. The van der Waals surface area contributed by atoms with Crippen LogP contribution in [0.25, 0.3) is 0 Å². The Morgan fingerprint density at radius 3 is 3.07 bits per heavy atom. The quantitative estimate of drug-likeness (QED) is 0.679. The summed E-state index contributed by atoms with van der Waals surface area (Å²) in [6, 6.07) is 0. The van der Waals surface area contributed by atoms with Gasteiger partial charge in [-0.3, -0.25) is 10.1 Å². The fourth-order valence-corrected chi connectivity index (χ4v) is 2.20. The molecule has 0 bridgehead atoms. The van der Waals surface area contributed by atoms with Crippen LogP contribution in [0.3, 0.4) is 0 Å². The molecule has 1 fully saturated rings. The van der Waals surface area contributed by atoms with Gasteiger partial charge in [0.2, 0.25) is 5.91 Å². The minimum absolute atomic E-state index is 0.268. The number of amides is 1. The van der Waals surface area contributed by atoms with E-state index in [0.29, 0.717) is 12.7 Å². The van der Waals surface area contributed by atoms with Gasteiger partial charge in [-0.1, -0.05) is 13.3 Å². The molecule has 0 spiro atoms. The van der Waals surface area contributed by atoms with Crippen LogP contribution in [-0.2, 0) is 4.79 Å². The molecule has 0 radical (unpaired) electrons. The first-order chi connectivity index (χ1) is 6.79. The Bertz CT molecular complexity index is 187. The number of thioether (sulfide) groups is 1. The second kappa shape index (κ2) is 6.30. The zero-order chi connectivity index (χ0) is 10.4. The van der Waals surface area contributed by atoms with Crippen molar-refractivity contribution in [2.75, 3.05) is 25.1 Å². The maximum atomic E-state index is 11.5. The van der Waals surface area contributed by atoms with E-state index in [2.05, 4.69) is 18.5 Å². The lowest BCUT2D eigenvalue weighted by molar-refractivity contribution is -0.128. The predicted octanol–water partition coefficient (Wildman–Crippen LogP) is 1.30. The van der Waals surface area contributed by atoms with Gasteiger partial charge in [-0.25, -0.2) is 0 Å². The van der Waals surface area contributed by atoms with Crippen molar-refractivity contribution in [3.05, 3.63) is 0 Å². The molecular weight excluding hydrogens is 196 g/mol. The molecular formula is C10H20N2OS. The van der Waals surface area contributed by atoms with Crippen LogP contribution in [0.5, 0.6) is 0 Å². The van der Waals surface area contributed by atoms with Crippen molar-refractivity contribution in [2.45, 2.75) is 32.4 Å². The third kappa shape index (κ3) is 3.17. The number of hydrogen-bond acceptors (Lipinski definition) is 3. The second-order valence-electron chi connectivity index (χ2n) is 3.62. The number of hydrogen-bond donors (Lipinski definition) is 1. The highest BCUT2D eigenvalue weighted by atomic mass is 32.2. The first-order valence-corrected chi connectivity index (χ1v) is 6.70. The van der Waals surface area contributed by atoms with Gasteiger partial charge in [0, 0.05) is 6.54 Å².